The van der Waals surface area contributed by atoms with E-state index >= 15 is 0 Å². The van der Waals surface area contributed by atoms with E-state index in [4.69, 9.17) is 16.3 Å². The van der Waals surface area contributed by atoms with Gasteiger partial charge in [0.05, 0.1) is 11.4 Å². The predicted molar refractivity (Wildman–Crippen MR) is 90.3 cm³/mol. The maximum atomic E-state index is 11.7. The number of carbonyl (C=O) groups is 1. The smallest absolute Gasteiger partial charge is 0.410 e. The molecular weight excluding hydrogens is 336 g/mol. The van der Waals surface area contributed by atoms with Crippen molar-refractivity contribution in [3.05, 3.63) is 10.0 Å². The Bertz CT molecular complexity index is 619. The molecule has 6 nitrogen and oxygen atoms in total. The molecule has 0 bridgehead atoms. The highest BCUT2D eigenvalue weighted by Crippen LogP contribution is 2.36. The van der Waals surface area contributed by atoms with E-state index in [-0.39, 0.29) is 11.7 Å². The molecule has 1 atom stereocenters. The first-order valence-corrected chi connectivity index (χ1v) is 9.31. The Morgan fingerprint density at radius 3 is 2.78 bits per heavy atom. The molecule has 1 aromatic rings. The van der Waals surface area contributed by atoms with Gasteiger partial charge in [-0.25, -0.2) is 9.78 Å². The number of likely N-dealkylation sites (N-methyl/N-ethyl adjacent to an activating group) is 1. The molecular formula is C15H21ClN4O2S. The Kier molecular flexibility index (Phi) is 3.90. The van der Waals surface area contributed by atoms with Crippen molar-refractivity contribution < 1.29 is 9.53 Å². The van der Waals surface area contributed by atoms with Gasteiger partial charge in [-0.1, -0.05) is 22.9 Å². The largest absolute Gasteiger partial charge is 0.439 e. The molecule has 0 aliphatic carbocycles. The van der Waals surface area contributed by atoms with Crippen LogP contribution >= 0.6 is 22.9 Å². The summed E-state index contributed by atoms with van der Waals surface area (Å²) >= 11 is 8.05. The fourth-order valence-electron chi connectivity index (χ4n) is 3.73. The van der Waals surface area contributed by atoms with Crippen LogP contribution in [0.2, 0.25) is 5.15 Å². The van der Waals surface area contributed by atoms with Crippen molar-refractivity contribution in [2.24, 2.45) is 0 Å². The van der Waals surface area contributed by atoms with Crippen molar-refractivity contribution in [2.45, 2.75) is 31.4 Å². The van der Waals surface area contributed by atoms with E-state index in [1.165, 1.54) is 12.8 Å². The first-order chi connectivity index (χ1) is 11.0. The standard InChI is InChI=1S/C15H21ClN4O2S/c1-18-9-15(22-14(18)21)4-7-19(10-15)8-11-12(16)17-13(23-11)20-5-2-3-6-20/h2-10H2,1H3. The van der Waals surface area contributed by atoms with Crippen LogP contribution in [0.1, 0.15) is 24.1 Å². The maximum Gasteiger partial charge on any atom is 0.410 e. The Morgan fingerprint density at radius 2 is 2.09 bits per heavy atom. The molecule has 0 aromatic carbocycles. The van der Waals surface area contributed by atoms with Crippen molar-refractivity contribution in [2.75, 3.05) is 44.7 Å². The van der Waals surface area contributed by atoms with Crippen LogP contribution in [0.15, 0.2) is 0 Å². The number of likely N-dealkylation sites (tertiary alicyclic amines) is 1. The summed E-state index contributed by atoms with van der Waals surface area (Å²) in [5.74, 6) is 0. The lowest BCUT2D eigenvalue weighted by molar-refractivity contribution is 0.0628. The van der Waals surface area contributed by atoms with E-state index in [9.17, 15) is 4.79 Å². The second-order valence-electron chi connectivity index (χ2n) is 6.77. The van der Waals surface area contributed by atoms with E-state index in [0.717, 1.165) is 49.2 Å². The number of rotatable bonds is 3. The van der Waals surface area contributed by atoms with Gasteiger partial charge in [-0.05, 0) is 12.8 Å². The number of amides is 1. The van der Waals surface area contributed by atoms with Gasteiger partial charge >= 0.3 is 6.09 Å². The van der Waals surface area contributed by atoms with Crippen LogP contribution in [0.5, 0.6) is 0 Å². The lowest BCUT2D eigenvalue weighted by Crippen LogP contribution is -2.36. The number of nitrogens with zero attached hydrogens (tertiary/aromatic N) is 4. The molecule has 0 saturated carbocycles. The van der Waals surface area contributed by atoms with Crippen molar-refractivity contribution in [1.29, 1.82) is 0 Å². The van der Waals surface area contributed by atoms with E-state index in [1.54, 1.807) is 23.3 Å². The summed E-state index contributed by atoms with van der Waals surface area (Å²) in [6, 6.07) is 0. The van der Waals surface area contributed by atoms with E-state index in [0.29, 0.717) is 11.7 Å². The third-order valence-electron chi connectivity index (χ3n) is 4.92. The van der Waals surface area contributed by atoms with Gasteiger partial charge < -0.3 is 14.5 Å². The van der Waals surface area contributed by atoms with Crippen molar-refractivity contribution >= 4 is 34.2 Å². The minimum atomic E-state index is -0.333. The Labute approximate surface area is 145 Å². The number of anilines is 1. The highest BCUT2D eigenvalue weighted by molar-refractivity contribution is 7.16. The molecule has 1 amide bonds. The molecule has 8 heteroatoms. The Morgan fingerprint density at radius 1 is 1.30 bits per heavy atom. The molecule has 4 rings (SSSR count). The summed E-state index contributed by atoms with van der Waals surface area (Å²) in [4.78, 5) is 23.6. The number of hydrogen-bond acceptors (Lipinski definition) is 6. The predicted octanol–water partition coefficient (Wildman–Crippen LogP) is 2.42. The number of ether oxygens (including phenoxy) is 1. The Hall–Kier alpha value is -1.05. The van der Waals surface area contributed by atoms with Crippen molar-refractivity contribution in [3.8, 4) is 0 Å². The number of aromatic nitrogens is 1. The van der Waals surface area contributed by atoms with Crippen molar-refractivity contribution in [1.82, 2.24) is 14.8 Å². The third-order valence-corrected chi connectivity index (χ3v) is 6.44. The van der Waals surface area contributed by atoms with Gasteiger partial charge in [0.25, 0.3) is 0 Å². The molecule has 1 unspecified atom stereocenters. The average Bonchev–Trinajstić information content (AvgIpc) is 3.24. The van der Waals surface area contributed by atoms with Gasteiger partial charge in [0.15, 0.2) is 5.13 Å². The minimum Gasteiger partial charge on any atom is -0.439 e. The molecule has 0 N–H and O–H groups in total. The Balaban J connectivity index is 1.42. The quantitative estimate of drug-likeness (QED) is 0.832. The molecule has 3 aliphatic rings. The van der Waals surface area contributed by atoms with Crippen LogP contribution < -0.4 is 4.90 Å². The SMILES string of the molecule is CN1CC2(CCN(Cc3sc(N4CCCC4)nc3Cl)C2)OC1=O. The summed E-state index contributed by atoms with van der Waals surface area (Å²) < 4.78 is 5.60. The fourth-order valence-corrected chi connectivity index (χ4v) is 5.08. The van der Waals surface area contributed by atoms with E-state index in [2.05, 4.69) is 14.8 Å². The third kappa shape index (κ3) is 2.90. The lowest BCUT2D eigenvalue weighted by atomic mass is 10.0. The second-order valence-corrected chi connectivity index (χ2v) is 8.19. The number of hydrogen-bond donors (Lipinski definition) is 0. The first kappa shape index (κ1) is 15.5. The minimum absolute atomic E-state index is 0.209. The monoisotopic (exact) mass is 356 g/mol. The van der Waals surface area contributed by atoms with Gasteiger partial charge in [0.2, 0.25) is 0 Å². The van der Waals surface area contributed by atoms with E-state index in [1.807, 2.05) is 0 Å². The fraction of sp³-hybridized carbons (Fsp3) is 0.733. The van der Waals surface area contributed by atoms with Gasteiger partial charge in [-0.15, -0.1) is 0 Å². The highest BCUT2D eigenvalue weighted by atomic mass is 35.5. The van der Waals surface area contributed by atoms with Crippen LogP contribution in [0.3, 0.4) is 0 Å². The molecule has 4 heterocycles. The molecule has 3 aliphatic heterocycles. The summed E-state index contributed by atoms with van der Waals surface area (Å²) in [5.41, 5.74) is -0.333. The van der Waals surface area contributed by atoms with E-state index < -0.39 is 0 Å². The molecule has 3 fully saturated rings. The first-order valence-electron chi connectivity index (χ1n) is 8.11. The zero-order valence-electron chi connectivity index (χ0n) is 13.3. The van der Waals surface area contributed by atoms with Gasteiger partial charge in [0.1, 0.15) is 10.8 Å². The summed E-state index contributed by atoms with van der Waals surface area (Å²) in [7, 11) is 1.79. The summed E-state index contributed by atoms with van der Waals surface area (Å²) in [5, 5.41) is 1.67. The van der Waals surface area contributed by atoms with Gasteiger partial charge in [0, 0.05) is 46.2 Å². The number of carbonyl (C=O) groups excluding carboxylic acids is 1. The topological polar surface area (TPSA) is 48.9 Å². The maximum absolute atomic E-state index is 11.7. The molecule has 1 spiro atoms. The highest BCUT2D eigenvalue weighted by Gasteiger charge is 2.48. The second kappa shape index (κ2) is 5.79. The summed E-state index contributed by atoms with van der Waals surface area (Å²) in [6.07, 6.45) is 3.15. The molecule has 0 radical (unpaired) electrons. The van der Waals surface area contributed by atoms with Crippen molar-refractivity contribution in [3.63, 3.8) is 0 Å². The van der Waals surface area contributed by atoms with Gasteiger partial charge in [-0.3, -0.25) is 4.90 Å². The molecule has 23 heavy (non-hydrogen) atoms. The molecule has 3 saturated heterocycles. The zero-order valence-corrected chi connectivity index (χ0v) is 14.8. The van der Waals surface area contributed by atoms with Crippen LogP contribution in [-0.4, -0.2) is 66.2 Å². The molecule has 1 aromatic heterocycles. The summed E-state index contributed by atoms with van der Waals surface area (Å²) in [6.45, 7) is 5.33. The molecule has 126 valence electrons. The van der Waals surface area contributed by atoms with Crippen LogP contribution in [0.25, 0.3) is 0 Å². The number of thiazole rings is 1. The van der Waals surface area contributed by atoms with Crippen LogP contribution in [0, 0.1) is 0 Å². The lowest BCUT2D eigenvalue weighted by Gasteiger charge is -2.21. The normalized spacial score (nSPS) is 28.3. The van der Waals surface area contributed by atoms with Crippen LogP contribution in [-0.2, 0) is 11.3 Å². The average molecular weight is 357 g/mol. The van der Waals surface area contributed by atoms with Gasteiger partial charge in [-0.2, -0.15) is 0 Å². The zero-order chi connectivity index (χ0) is 16.0. The van der Waals surface area contributed by atoms with Crippen LogP contribution in [0.4, 0.5) is 9.93 Å². The number of halogens is 1.